The zero-order valence-corrected chi connectivity index (χ0v) is 18.9. The van der Waals surface area contributed by atoms with Gasteiger partial charge in [-0.2, -0.15) is 0 Å². The molecule has 0 unspecified atom stereocenters. The average Bonchev–Trinajstić information content (AvgIpc) is 2.82. The van der Waals surface area contributed by atoms with E-state index < -0.39 is 6.10 Å². The second-order valence-corrected chi connectivity index (χ2v) is 7.92. The topological polar surface area (TPSA) is 66.8 Å². The summed E-state index contributed by atoms with van der Waals surface area (Å²) >= 11 is 0. The molecule has 0 spiro atoms. The van der Waals surface area contributed by atoms with E-state index >= 15 is 0 Å². The Morgan fingerprint density at radius 1 is 1.00 bits per heavy atom. The molecule has 0 aliphatic rings. The smallest absolute Gasteiger partial charge is 0.161 e. The van der Waals surface area contributed by atoms with E-state index in [1.165, 1.54) is 11.1 Å². The Morgan fingerprint density at radius 3 is 2.56 bits per heavy atom. The van der Waals surface area contributed by atoms with Crippen LogP contribution in [0.15, 0.2) is 73.1 Å². The molecule has 0 saturated carbocycles. The molecule has 6 heteroatoms. The molecule has 6 nitrogen and oxygen atoms in total. The Bertz CT molecular complexity index is 922. The Labute approximate surface area is 190 Å². The highest BCUT2D eigenvalue weighted by Gasteiger charge is 2.12. The zero-order valence-electron chi connectivity index (χ0n) is 18.9. The molecule has 1 heterocycles. The highest BCUT2D eigenvalue weighted by Crippen LogP contribution is 2.28. The number of aliphatic hydroxyl groups excluding tert-OH is 1. The Hall–Kier alpha value is -2.93. The van der Waals surface area contributed by atoms with Crippen LogP contribution in [0.5, 0.6) is 11.5 Å². The number of nitrogens with one attached hydrogen (secondary N) is 1. The number of hydrogen-bond acceptors (Lipinski definition) is 6. The number of likely N-dealkylation sites (N-methyl/N-ethyl adjacent to an activating group) is 1. The molecule has 1 atom stereocenters. The van der Waals surface area contributed by atoms with E-state index in [4.69, 9.17) is 9.47 Å². The summed E-state index contributed by atoms with van der Waals surface area (Å²) in [6.07, 6.45) is 4.00. The summed E-state index contributed by atoms with van der Waals surface area (Å²) in [5.41, 5.74) is 3.53. The van der Waals surface area contributed by atoms with E-state index in [-0.39, 0.29) is 6.61 Å². The number of aliphatic hydroxyl groups is 1. The molecular weight excluding hydrogens is 402 g/mol. The molecule has 2 aromatic carbocycles. The van der Waals surface area contributed by atoms with Crippen LogP contribution < -0.4 is 14.8 Å². The summed E-state index contributed by atoms with van der Waals surface area (Å²) in [6.45, 7) is 3.09. The summed E-state index contributed by atoms with van der Waals surface area (Å²) in [7, 11) is 3.62. The van der Waals surface area contributed by atoms with Crippen LogP contribution in [-0.4, -0.2) is 54.9 Å². The molecule has 32 heavy (non-hydrogen) atoms. The van der Waals surface area contributed by atoms with Crippen molar-refractivity contribution in [2.45, 2.75) is 25.6 Å². The van der Waals surface area contributed by atoms with E-state index in [1.54, 1.807) is 13.3 Å². The van der Waals surface area contributed by atoms with E-state index in [2.05, 4.69) is 33.4 Å². The van der Waals surface area contributed by atoms with Crippen LogP contribution in [-0.2, 0) is 19.5 Å². The van der Waals surface area contributed by atoms with Crippen molar-refractivity contribution < 1.29 is 14.6 Å². The molecule has 0 bridgehead atoms. The van der Waals surface area contributed by atoms with Crippen molar-refractivity contribution in [2.24, 2.45) is 0 Å². The first-order valence-electron chi connectivity index (χ1n) is 10.9. The van der Waals surface area contributed by atoms with Gasteiger partial charge < -0.3 is 19.9 Å². The van der Waals surface area contributed by atoms with E-state index in [1.807, 2.05) is 55.7 Å². The van der Waals surface area contributed by atoms with Crippen molar-refractivity contribution in [2.75, 3.05) is 33.9 Å². The summed E-state index contributed by atoms with van der Waals surface area (Å²) in [4.78, 5) is 6.23. The summed E-state index contributed by atoms with van der Waals surface area (Å²) in [5.74, 6) is 1.30. The first-order valence-corrected chi connectivity index (χ1v) is 10.9. The number of aromatic nitrogens is 1. The summed E-state index contributed by atoms with van der Waals surface area (Å²) in [6, 6.07) is 20.1. The highest BCUT2D eigenvalue weighted by atomic mass is 16.5. The summed E-state index contributed by atoms with van der Waals surface area (Å²) in [5, 5.41) is 13.9. The zero-order chi connectivity index (χ0) is 22.6. The van der Waals surface area contributed by atoms with Crippen molar-refractivity contribution in [3.05, 3.63) is 89.7 Å². The quantitative estimate of drug-likeness (QED) is 0.402. The van der Waals surface area contributed by atoms with Gasteiger partial charge in [-0.1, -0.05) is 42.5 Å². The average molecular weight is 436 g/mol. The molecule has 0 saturated heterocycles. The third-order valence-electron chi connectivity index (χ3n) is 5.12. The lowest BCUT2D eigenvalue weighted by Gasteiger charge is -2.21. The molecule has 1 aromatic heterocycles. The third kappa shape index (κ3) is 7.96. The second kappa shape index (κ2) is 12.8. The standard InChI is InChI=1S/C26H33N3O3/c1-29(18-22-7-4-3-5-8-22)19-24(30)20-32-26-15-23(10-11-25(26)31-2)17-28-14-12-21-9-6-13-27-16-21/h3-11,13,15-16,24,28,30H,12,14,17-20H2,1-2H3/t24-/m1/s1. The lowest BCUT2D eigenvalue weighted by atomic mass is 10.2. The molecule has 0 aliphatic carbocycles. The van der Waals surface area contributed by atoms with Crippen molar-refractivity contribution in [3.8, 4) is 11.5 Å². The van der Waals surface area contributed by atoms with Crippen LogP contribution in [0.4, 0.5) is 0 Å². The Morgan fingerprint density at radius 2 is 1.81 bits per heavy atom. The summed E-state index contributed by atoms with van der Waals surface area (Å²) < 4.78 is 11.4. The largest absolute Gasteiger partial charge is 0.493 e. The Balaban J connectivity index is 1.45. The van der Waals surface area contributed by atoms with Gasteiger partial charge in [0.25, 0.3) is 0 Å². The minimum atomic E-state index is -0.602. The van der Waals surface area contributed by atoms with Crippen molar-refractivity contribution in [1.82, 2.24) is 15.2 Å². The lowest BCUT2D eigenvalue weighted by Crippen LogP contribution is -2.32. The third-order valence-corrected chi connectivity index (χ3v) is 5.12. The van der Waals surface area contributed by atoms with Gasteiger partial charge in [-0.15, -0.1) is 0 Å². The predicted molar refractivity (Wildman–Crippen MR) is 127 cm³/mol. The Kier molecular flexibility index (Phi) is 9.50. The normalized spacial score (nSPS) is 12.0. The number of hydrogen-bond donors (Lipinski definition) is 2. The molecule has 0 fully saturated rings. The number of pyridine rings is 1. The fourth-order valence-electron chi connectivity index (χ4n) is 3.51. The van der Waals surface area contributed by atoms with Gasteiger partial charge in [-0.25, -0.2) is 0 Å². The van der Waals surface area contributed by atoms with E-state index in [0.29, 0.717) is 18.0 Å². The first-order chi connectivity index (χ1) is 15.6. The maximum atomic E-state index is 10.4. The molecule has 0 aliphatic heterocycles. The van der Waals surface area contributed by atoms with Gasteiger partial charge in [-0.05, 0) is 54.9 Å². The van der Waals surface area contributed by atoms with Crippen molar-refractivity contribution >= 4 is 0 Å². The van der Waals surface area contributed by atoms with Crippen molar-refractivity contribution in [1.29, 1.82) is 0 Å². The van der Waals surface area contributed by atoms with Crippen LogP contribution in [0.3, 0.4) is 0 Å². The molecule has 0 amide bonds. The van der Waals surface area contributed by atoms with Gasteiger partial charge in [0, 0.05) is 32.0 Å². The van der Waals surface area contributed by atoms with Gasteiger partial charge in [-0.3, -0.25) is 9.88 Å². The molecule has 3 aromatic rings. The van der Waals surface area contributed by atoms with E-state index in [0.717, 1.165) is 31.6 Å². The number of benzene rings is 2. The second-order valence-electron chi connectivity index (χ2n) is 7.92. The molecular formula is C26H33N3O3. The number of ether oxygens (including phenoxy) is 2. The SMILES string of the molecule is COc1ccc(CNCCc2cccnc2)cc1OC[C@H](O)CN(C)Cc1ccccc1. The predicted octanol–water partition coefficient (Wildman–Crippen LogP) is 3.29. The fraction of sp³-hybridized carbons (Fsp3) is 0.346. The number of methoxy groups -OCH3 is 1. The number of nitrogens with zero attached hydrogens (tertiary/aromatic N) is 2. The van der Waals surface area contributed by atoms with Crippen LogP contribution >= 0.6 is 0 Å². The maximum Gasteiger partial charge on any atom is 0.161 e. The van der Waals surface area contributed by atoms with Gasteiger partial charge in [0.15, 0.2) is 11.5 Å². The molecule has 170 valence electrons. The van der Waals surface area contributed by atoms with E-state index in [9.17, 15) is 5.11 Å². The van der Waals surface area contributed by atoms with Gasteiger partial charge in [0.2, 0.25) is 0 Å². The molecule has 3 rings (SSSR count). The fourth-order valence-corrected chi connectivity index (χ4v) is 3.51. The van der Waals surface area contributed by atoms with Crippen LogP contribution in [0, 0.1) is 0 Å². The minimum Gasteiger partial charge on any atom is -0.493 e. The van der Waals surface area contributed by atoms with Gasteiger partial charge in [0.1, 0.15) is 12.7 Å². The van der Waals surface area contributed by atoms with Crippen LogP contribution in [0.1, 0.15) is 16.7 Å². The van der Waals surface area contributed by atoms with Crippen LogP contribution in [0.2, 0.25) is 0 Å². The van der Waals surface area contributed by atoms with Crippen LogP contribution in [0.25, 0.3) is 0 Å². The molecule has 0 radical (unpaired) electrons. The minimum absolute atomic E-state index is 0.202. The van der Waals surface area contributed by atoms with Gasteiger partial charge in [0.05, 0.1) is 7.11 Å². The molecule has 2 N–H and O–H groups in total. The number of rotatable bonds is 13. The van der Waals surface area contributed by atoms with Crippen molar-refractivity contribution in [3.63, 3.8) is 0 Å². The van der Waals surface area contributed by atoms with Gasteiger partial charge >= 0.3 is 0 Å². The first kappa shape index (κ1) is 23.7. The monoisotopic (exact) mass is 435 g/mol. The lowest BCUT2D eigenvalue weighted by molar-refractivity contribution is 0.0732. The highest BCUT2D eigenvalue weighted by molar-refractivity contribution is 5.43. The maximum absolute atomic E-state index is 10.4.